The average Bonchev–Trinajstić information content (AvgIpc) is 3.32. The predicted octanol–water partition coefficient (Wildman–Crippen LogP) is 6.04. The number of hydrogen-bond donors (Lipinski definition) is 0. The Labute approximate surface area is 178 Å². The number of para-hydroxylation sites is 1. The molecule has 1 fully saturated rings. The second-order valence-electron chi connectivity index (χ2n) is 6.69. The number of thiocarbonyl (C=S) groups is 1. The Balaban J connectivity index is 1.51. The first-order valence-electron chi connectivity index (χ1n) is 9.20. The highest BCUT2D eigenvalue weighted by molar-refractivity contribution is 8.27. The summed E-state index contributed by atoms with van der Waals surface area (Å²) in [5.74, 6) is -0.0857. The summed E-state index contributed by atoms with van der Waals surface area (Å²) >= 11 is 6.81. The third-order valence-electron chi connectivity index (χ3n) is 4.88. The van der Waals surface area contributed by atoms with Gasteiger partial charge >= 0.3 is 0 Å². The van der Waals surface area contributed by atoms with Gasteiger partial charge in [-0.05, 0) is 53.2 Å². The number of anilines is 1. The van der Waals surface area contributed by atoms with Crippen LogP contribution in [-0.2, 0) is 4.79 Å². The maximum Gasteiger partial charge on any atom is 0.270 e. The molecule has 2 heterocycles. The van der Waals surface area contributed by atoms with Crippen molar-refractivity contribution >= 4 is 56.7 Å². The number of benzene rings is 3. The Hall–Kier alpha value is -3.15. The normalized spacial score (nSPS) is 15.6. The highest BCUT2D eigenvalue weighted by Gasteiger charge is 2.33. The molecule has 1 saturated heterocycles. The predicted molar refractivity (Wildman–Crippen MR) is 125 cm³/mol. The molecule has 0 saturated carbocycles. The van der Waals surface area contributed by atoms with Crippen LogP contribution in [0, 0.1) is 0 Å². The van der Waals surface area contributed by atoms with E-state index < -0.39 is 0 Å². The second kappa shape index (κ2) is 7.35. The SMILES string of the molecule is O=C1/C(=C/c2cccn2-c2ccc3ccccc3c2)SC(=S)N1c1ccccc1. The molecule has 0 aliphatic carbocycles. The molecule has 29 heavy (non-hydrogen) atoms. The van der Waals surface area contributed by atoms with Crippen LogP contribution in [0.2, 0.25) is 0 Å². The lowest BCUT2D eigenvalue weighted by Crippen LogP contribution is -2.27. The number of rotatable bonds is 3. The van der Waals surface area contributed by atoms with Gasteiger partial charge in [0.15, 0.2) is 4.32 Å². The van der Waals surface area contributed by atoms with Crippen molar-refractivity contribution in [3.8, 4) is 5.69 Å². The Morgan fingerprint density at radius 2 is 1.55 bits per heavy atom. The molecule has 1 aliphatic heterocycles. The van der Waals surface area contributed by atoms with Gasteiger partial charge in [0, 0.05) is 17.6 Å². The first-order valence-corrected chi connectivity index (χ1v) is 10.4. The van der Waals surface area contributed by atoms with Crippen molar-refractivity contribution in [1.29, 1.82) is 0 Å². The van der Waals surface area contributed by atoms with E-state index in [0.29, 0.717) is 9.23 Å². The van der Waals surface area contributed by atoms with E-state index in [4.69, 9.17) is 12.2 Å². The van der Waals surface area contributed by atoms with Gasteiger partial charge < -0.3 is 4.57 Å². The quantitative estimate of drug-likeness (QED) is 0.303. The van der Waals surface area contributed by atoms with E-state index in [1.165, 1.54) is 22.5 Å². The standard InChI is InChI=1S/C24H16N2OS2/c27-23-22(29-24(28)26(23)19-9-2-1-3-10-19)16-20-11-6-14-25(20)21-13-12-17-7-4-5-8-18(17)15-21/h1-16H/b22-16-. The summed E-state index contributed by atoms with van der Waals surface area (Å²) in [4.78, 5) is 15.2. The van der Waals surface area contributed by atoms with Gasteiger partial charge in [-0.2, -0.15) is 0 Å². The average molecular weight is 413 g/mol. The summed E-state index contributed by atoms with van der Waals surface area (Å²) in [5, 5.41) is 2.38. The van der Waals surface area contributed by atoms with E-state index in [9.17, 15) is 4.79 Å². The smallest absolute Gasteiger partial charge is 0.270 e. The molecular weight excluding hydrogens is 396 g/mol. The Bertz CT molecular complexity index is 1270. The summed E-state index contributed by atoms with van der Waals surface area (Å²) in [6, 6.07) is 28.2. The van der Waals surface area contributed by atoms with Gasteiger partial charge in [0.2, 0.25) is 0 Å². The summed E-state index contributed by atoms with van der Waals surface area (Å²) in [6.45, 7) is 0. The zero-order valence-corrected chi connectivity index (χ0v) is 17.0. The monoisotopic (exact) mass is 412 g/mol. The van der Waals surface area contributed by atoms with Gasteiger partial charge in [-0.1, -0.05) is 72.5 Å². The zero-order valence-electron chi connectivity index (χ0n) is 15.4. The Morgan fingerprint density at radius 3 is 2.38 bits per heavy atom. The van der Waals surface area contributed by atoms with Gasteiger partial charge in [-0.25, -0.2) is 0 Å². The number of aromatic nitrogens is 1. The molecule has 140 valence electrons. The summed E-state index contributed by atoms with van der Waals surface area (Å²) in [5.41, 5.74) is 2.79. The molecule has 4 aromatic rings. The molecule has 1 amide bonds. The van der Waals surface area contributed by atoms with Crippen LogP contribution in [0.25, 0.3) is 22.5 Å². The fraction of sp³-hybridized carbons (Fsp3) is 0. The lowest BCUT2D eigenvalue weighted by molar-refractivity contribution is -0.113. The Morgan fingerprint density at radius 1 is 0.793 bits per heavy atom. The number of amides is 1. The van der Waals surface area contributed by atoms with E-state index in [2.05, 4.69) is 34.9 Å². The van der Waals surface area contributed by atoms with Crippen LogP contribution >= 0.6 is 24.0 Å². The first-order chi connectivity index (χ1) is 14.2. The first kappa shape index (κ1) is 17.9. The van der Waals surface area contributed by atoms with Crippen LogP contribution in [0.5, 0.6) is 0 Å². The van der Waals surface area contributed by atoms with Crippen LogP contribution in [0.3, 0.4) is 0 Å². The number of carbonyl (C=O) groups is 1. The lowest BCUT2D eigenvalue weighted by Gasteiger charge is -2.13. The molecule has 0 unspecified atom stereocenters. The summed E-state index contributed by atoms with van der Waals surface area (Å²) < 4.78 is 2.64. The summed E-state index contributed by atoms with van der Waals surface area (Å²) in [6.07, 6.45) is 3.92. The van der Waals surface area contributed by atoms with Crippen molar-refractivity contribution in [2.45, 2.75) is 0 Å². The minimum absolute atomic E-state index is 0.0857. The van der Waals surface area contributed by atoms with Crippen LogP contribution in [0.4, 0.5) is 5.69 Å². The molecular formula is C24H16N2OS2. The fourth-order valence-corrected chi connectivity index (χ4v) is 4.76. The molecule has 0 N–H and O–H groups in total. The van der Waals surface area contributed by atoms with Crippen LogP contribution in [-0.4, -0.2) is 14.8 Å². The number of nitrogens with zero attached hydrogens (tertiary/aromatic N) is 2. The third kappa shape index (κ3) is 3.28. The van der Waals surface area contributed by atoms with Crippen molar-refractivity contribution < 1.29 is 4.79 Å². The molecule has 3 nitrogen and oxygen atoms in total. The van der Waals surface area contributed by atoms with Gasteiger partial charge in [-0.15, -0.1) is 0 Å². The van der Waals surface area contributed by atoms with Crippen LogP contribution in [0.15, 0.2) is 96.0 Å². The number of thioether (sulfide) groups is 1. The molecule has 0 bridgehead atoms. The molecule has 0 atom stereocenters. The number of fused-ring (bicyclic) bond motifs is 1. The molecule has 0 spiro atoms. The van der Waals surface area contributed by atoms with E-state index in [1.54, 1.807) is 4.90 Å². The third-order valence-corrected chi connectivity index (χ3v) is 6.18. The van der Waals surface area contributed by atoms with E-state index in [0.717, 1.165) is 17.1 Å². The number of carbonyl (C=O) groups excluding carboxylic acids is 1. The maximum absolute atomic E-state index is 13.0. The van der Waals surface area contributed by atoms with E-state index in [1.807, 2.05) is 66.9 Å². The second-order valence-corrected chi connectivity index (χ2v) is 8.36. The maximum atomic E-state index is 13.0. The summed E-state index contributed by atoms with van der Waals surface area (Å²) in [7, 11) is 0. The highest BCUT2D eigenvalue weighted by atomic mass is 32.2. The van der Waals surface area contributed by atoms with Gasteiger partial charge in [0.1, 0.15) is 0 Å². The van der Waals surface area contributed by atoms with Crippen molar-refractivity contribution in [3.63, 3.8) is 0 Å². The lowest BCUT2D eigenvalue weighted by atomic mass is 10.1. The van der Waals surface area contributed by atoms with Crippen molar-refractivity contribution in [1.82, 2.24) is 4.57 Å². The van der Waals surface area contributed by atoms with E-state index in [-0.39, 0.29) is 5.91 Å². The van der Waals surface area contributed by atoms with Gasteiger partial charge in [-0.3, -0.25) is 9.69 Å². The zero-order chi connectivity index (χ0) is 19.8. The van der Waals surface area contributed by atoms with Crippen molar-refractivity contribution in [3.05, 3.63) is 102 Å². The molecule has 3 aromatic carbocycles. The molecule has 5 rings (SSSR count). The Kier molecular flexibility index (Phi) is 4.54. The highest BCUT2D eigenvalue weighted by Crippen LogP contribution is 2.36. The minimum Gasteiger partial charge on any atom is -0.317 e. The van der Waals surface area contributed by atoms with Crippen molar-refractivity contribution in [2.24, 2.45) is 0 Å². The molecule has 1 aromatic heterocycles. The molecule has 5 heteroatoms. The fourth-order valence-electron chi connectivity index (χ4n) is 3.48. The molecule has 0 radical (unpaired) electrons. The van der Waals surface area contributed by atoms with E-state index >= 15 is 0 Å². The van der Waals surface area contributed by atoms with Crippen molar-refractivity contribution in [2.75, 3.05) is 4.90 Å². The van der Waals surface area contributed by atoms with Gasteiger partial charge in [0.25, 0.3) is 5.91 Å². The minimum atomic E-state index is -0.0857. The van der Waals surface area contributed by atoms with Gasteiger partial charge in [0.05, 0.1) is 10.6 Å². The van der Waals surface area contributed by atoms with Crippen LogP contribution < -0.4 is 4.90 Å². The topological polar surface area (TPSA) is 25.2 Å². The molecule has 1 aliphatic rings. The van der Waals surface area contributed by atoms with Crippen LogP contribution in [0.1, 0.15) is 5.69 Å². The number of hydrogen-bond acceptors (Lipinski definition) is 3. The largest absolute Gasteiger partial charge is 0.317 e.